The highest BCUT2D eigenvalue weighted by atomic mass is 16.5. The van der Waals surface area contributed by atoms with Crippen molar-refractivity contribution < 1.29 is 9.32 Å². The van der Waals surface area contributed by atoms with Crippen molar-refractivity contribution in [2.75, 3.05) is 11.4 Å². The van der Waals surface area contributed by atoms with Gasteiger partial charge in [0.1, 0.15) is 0 Å². The lowest BCUT2D eigenvalue weighted by Gasteiger charge is -2.21. The highest BCUT2D eigenvalue weighted by Crippen LogP contribution is 2.34. The van der Waals surface area contributed by atoms with E-state index in [-0.39, 0.29) is 11.8 Å². The van der Waals surface area contributed by atoms with E-state index >= 15 is 0 Å². The van der Waals surface area contributed by atoms with Crippen LogP contribution in [-0.4, -0.2) is 22.6 Å². The van der Waals surface area contributed by atoms with Gasteiger partial charge >= 0.3 is 0 Å². The summed E-state index contributed by atoms with van der Waals surface area (Å²) in [7, 11) is 0. The molecule has 5 heteroatoms. The van der Waals surface area contributed by atoms with Gasteiger partial charge in [-0.05, 0) is 44.0 Å². The molecule has 1 atom stereocenters. The zero-order chi connectivity index (χ0) is 18.3. The predicted molar refractivity (Wildman–Crippen MR) is 100 cm³/mol. The van der Waals surface area contributed by atoms with Gasteiger partial charge in [0.2, 0.25) is 5.91 Å². The van der Waals surface area contributed by atoms with Crippen LogP contribution in [0.3, 0.4) is 0 Å². The Balaban J connectivity index is 1.60. The second-order valence-corrected chi connectivity index (χ2v) is 6.97. The smallest absolute Gasteiger partial charge is 0.257 e. The van der Waals surface area contributed by atoms with Crippen LogP contribution in [-0.2, 0) is 4.79 Å². The number of aryl methyl sites for hydroxylation is 3. The molecule has 1 saturated heterocycles. The third kappa shape index (κ3) is 2.90. The number of hydrogen-bond donors (Lipinski definition) is 0. The molecule has 2 heterocycles. The van der Waals surface area contributed by atoms with Gasteiger partial charge in [-0.15, -0.1) is 0 Å². The maximum atomic E-state index is 12.6. The summed E-state index contributed by atoms with van der Waals surface area (Å²) in [4.78, 5) is 19.0. The van der Waals surface area contributed by atoms with Gasteiger partial charge < -0.3 is 9.42 Å². The minimum Gasteiger partial charge on any atom is -0.334 e. The van der Waals surface area contributed by atoms with Crippen molar-refractivity contribution in [2.45, 2.75) is 33.1 Å². The van der Waals surface area contributed by atoms with Crippen LogP contribution in [0.4, 0.5) is 5.69 Å². The van der Waals surface area contributed by atoms with Crippen molar-refractivity contribution in [3.8, 4) is 11.5 Å². The van der Waals surface area contributed by atoms with E-state index in [9.17, 15) is 4.79 Å². The predicted octanol–water partition coefficient (Wildman–Crippen LogP) is 4.18. The van der Waals surface area contributed by atoms with Crippen molar-refractivity contribution in [1.82, 2.24) is 10.1 Å². The number of carbonyl (C=O) groups excluding carboxylic acids is 1. The second-order valence-electron chi connectivity index (χ2n) is 6.97. The molecule has 4 rings (SSSR count). The normalized spacial score (nSPS) is 17.1. The molecule has 0 radical (unpaired) electrons. The van der Waals surface area contributed by atoms with E-state index < -0.39 is 0 Å². The zero-order valence-electron chi connectivity index (χ0n) is 15.2. The topological polar surface area (TPSA) is 59.2 Å². The Bertz CT molecular complexity index is 957. The number of rotatable bonds is 3. The van der Waals surface area contributed by atoms with Crippen LogP contribution in [0.5, 0.6) is 0 Å². The standard InChI is InChI=1S/C21H21N3O2/c1-13-6-4-9-16(10-13)21-22-20(23-26-21)17-11-18(25)24(12-17)19-14(2)7-5-8-15(19)3/h4-10,17H,11-12H2,1-3H3. The van der Waals surface area contributed by atoms with E-state index in [0.717, 1.165) is 27.9 Å². The van der Waals surface area contributed by atoms with Gasteiger partial charge in [-0.3, -0.25) is 4.79 Å². The van der Waals surface area contributed by atoms with Gasteiger partial charge in [-0.2, -0.15) is 4.98 Å². The molecule has 1 unspecified atom stereocenters. The third-order valence-electron chi connectivity index (χ3n) is 4.91. The molecule has 3 aromatic rings. The lowest BCUT2D eigenvalue weighted by atomic mass is 10.1. The number of aromatic nitrogens is 2. The summed E-state index contributed by atoms with van der Waals surface area (Å²) in [5, 5.41) is 4.15. The number of anilines is 1. The average Bonchev–Trinajstić information content (AvgIpc) is 3.22. The minimum absolute atomic E-state index is 0.0520. The molecule has 0 saturated carbocycles. The molecule has 0 bridgehead atoms. The Morgan fingerprint density at radius 2 is 1.81 bits per heavy atom. The molecule has 1 amide bonds. The fraction of sp³-hybridized carbons (Fsp3) is 0.286. The van der Waals surface area contributed by atoms with E-state index in [0.29, 0.717) is 24.7 Å². The molecule has 1 aliphatic rings. The quantitative estimate of drug-likeness (QED) is 0.713. The first kappa shape index (κ1) is 16.5. The molecule has 1 fully saturated rings. The molecule has 2 aromatic carbocycles. The number of amides is 1. The Kier molecular flexibility index (Phi) is 4.07. The summed E-state index contributed by atoms with van der Waals surface area (Å²) < 4.78 is 5.45. The average molecular weight is 347 g/mol. The largest absolute Gasteiger partial charge is 0.334 e. The van der Waals surface area contributed by atoms with Crippen molar-refractivity contribution >= 4 is 11.6 Å². The lowest BCUT2D eigenvalue weighted by molar-refractivity contribution is -0.117. The molecule has 5 nitrogen and oxygen atoms in total. The summed E-state index contributed by atoms with van der Waals surface area (Å²) >= 11 is 0. The molecule has 1 aromatic heterocycles. The van der Waals surface area contributed by atoms with Crippen LogP contribution in [0.15, 0.2) is 47.0 Å². The van der Waals surface area contributed by atoms with Crippen LogP contribution in [0, 0.1) is 20.8 Å². The molecule has 132 valence electrons. The first-order valence-corrected chi connectivity index (χ1v) is 8.80. The van der Waals surface area contributed by atoms with Crippen LogP contribution in [0.1, 0.15) is 34.9 Å². The summed E-state index contributed by atoms with van der Waals surface area (Å²) in [5.41, 5.74) is 5.25. The van der Waals surface area contributed by atoms with Crippen LogP contribution >= 0.6 is 0 Å². The minimum atomic E-state index is -0.0520. The number of para-hydroxylation sites is 1. The first-order chi connectivity index (χ1) is 12.5. The Morgan fingerprint density at radius 3 is 2.54 bits per heavy atom. The summed E-state index contributed by atoms with van der Waals surface area (Å²) in [6.45, 7) is 6.68. The number of carbonyl (C=O) groups is 1. The van der Waals surface area contributed by atoms with E-state index in [1.54, 1.807) is 0 Å². The highest BCUT2D eigenvalue weighted by Gasteiger charge is 2.35. The van der Waals surface area contributed by atoms with Crippen molar-refractivity contribution in [1.29, 1.82) is 0 Å². The summed E-state index contributed by atoms with van der Waals surface area (Å²) in [5.74, 6) is 1.16. The zero-order valence-corrected chi connectivity index (χ0v) is 15.2. The fourth-order valence-electron chi connectivity index (χ4n) is 3.62. The maximum Gasteiger partial charge on any atom is 0.257 e. The van der Waals surface area contributed by atoms with Gasteiger partial charge in [0.15, 0.2) is 5.82 Å². The van der Waals surface area contributed by atoms with Crippen molar-refractivity contribution in [3.05, 3.63) is 65.0 Å². The van der Waals surface area contributed by atoms with Gasteiger partial charge in [0.25, 0.3) is 5.89 Å². The van der Waals surface area contributed by atoms with Crippen LogP contribution in [0.2, 0.25) is 0 Å². The highest BCUT2D eigenvalue weighted by molar-refractivity contribution is 5.97. The molecule has 26 heavy (non-hydrogen) atoms. The van der Waals surface area contributed by atoms with Crippen LogP contribution in [0.25, 0.3) is 11.5 Å². The van der Waals surface area contributed by atoms with Gasteiger partial charge in [0.05, 0.1) is 0 Å². The maximum absolute atomic E-state index is 12.6. The molecule has 0 spiro atoms. The lowest BCUT2D eigenvalue weighted by Crippen LogP contribution is -2.26. The number of nitrogens with zero attached hydrogens (tertiary/aromatic N) is 3. The van der Waals surface area contributed by atoms with Gasteiger partial charge in [-0.25, -0.2) is 0 Å². The number of hydrogen-bond acceptors (Lipinski definition) is 4. The molecule has 1 aliphatic heterocycles. The Hall–Kier alpha value is -2.95. The van der Waals surface area contributed by atoms with Gasteiger partial charge in [0, 0.05) is 30.1 Å². The van der Waals surface area contributed by atoms with Crippen molar-refractivity contribution in [2.24, 2.45) is 0 Å². The Morgan fingerprint density at radius 1 is 1.08 bits per heavy atom. The summed E-state index contributed by atoms with van der Waals surface area (Å²) in [6.07, 6.45) is 0.403. The van der Waals surface area contributed by atoms with Gasteiger partial charge in [-0.1, -0.05) is 41.1 Å². The molecular formula is C21H21N3O2. The van der Waals surface area contributed by atoms with Crippen molar-refractivity contribution in [3.63, 3.8) is 0 Å². The Labute approximate surface area is 152 Å². The summed E-state index contributed by atoms with van der Waals surface area (Å²) in [6, 6.07) is 14.0. The molecule has 0 N–H and O–H groups in total. The van der Waals surface area contributed by atoms with E-state index in [2.05, 4.69) is 10.1 Å². The number of benzene rings is 2. The fourth-order valence-corrected chi connectivity index (χ4v) is 3.62. The third-order valence-corrected chi connectivity index (χ3v) is 4.91. The first-order valence-electron chi connectivity index (χ1n) is 8.80. The molecular weight excluding hydrogens is 326 g/mol. The monoisotopic (exact) mass is 347 g/mol. The van der Waals surface area contributed by atoms with E-state index in [4.69, 9.17) is 4.52 Å². The van der Waals surface area contributed by atoms with E-state index in [1.165, 1.54) is 0 Å². The second kappa shape index (κ2) is 6.41. The SMILES string of the molecule is Cc1cccc(-c2nc(C3CC(=O)N(c4c(C)cccc4C)C3)no2)c1. The van der Waals surface area contributed by atoms with Crippen LogP contribution < -0.4 is 4.90 Å². The van der Waals surface area contributed by atoms with E-state index in [1.807, 2.05) is 68.1 Å². The molecule has 0 aliphatic carbocycles.